The van der Waals surface area contributed by atoms with Crippen LogP contribution in [-0.2, 0) is 33.4 Å². The molecule has 1 saturated heterocycles. The standard InChI is InChI=1S/C25H25N5O4/c1-17(31)29-14-12-25(13-15-29,18-8-4-3-5-9-18)23(33)34-16-21-26-27-24-28(2)22(32)19-10-6-7-11-20(19)30(21)24/h3-11H,12-16H2,1-2H3. The molecular weight excluding hydrogens is 434 g/mol. The minimum absolute atomic E-state index is 0.00227. The molecule has 1 aliphatic heterocycles. The van der Waals surface area contributed by atoms with Crippen molar-refractivity contribution in [1.29, 1.82) is 0 Å². The van der Waals surface area contributed by atoms with Crippen molar-refractivity contribution >= 4 is 28.6 Å². The van der Waals surface area contributed by atoms with E-state index in [4.69, 9.17) is 4.74 Å². The molecule has 174 valence electrons. The van der Waals surface area contributed by atoms with Crippen molar-refractivity contribution in [2.45, 2.75) is 31.8 Å². The molecule has 0 saturated carbocycles. The summed E-state index contributed by atoms with van der Waals surface area (Å²) in [5.41, 5.74) is 0.522. The molecular formula is C25H25N5O4. The van der Waals surface area contributed by atoms with Crippen molar-refractivity contribution < 1.29 is 14.3 Å². The van der Waals surface area contributed by atoms with Gasteiger partial charge in [-0.05, 0) is 30.5 Å². The molecule has 0 aliphatic carbocycles. The molecule has 0 atom stereocenters. The lowest BCUT2D eigenvalue weighted by Crippen LogP contribution is -2.49. The maximum absolute atomic E-state index is 13.6. The number of likely N-dealkylation sites (tertiary alicyclic amines) is 1. The van der Waals surface area contributed by atoms with E-state index in [0.29, 0.717) is 48.4 Å². The van der Waals surface area contributed by atoms with Crippen LogP contribution in [0.5, 0.6) is 0 Å². The topological polar surface area (TPSA) is 98.8 Å². The van der Waals surface area contributed by atoms with E-state index in [1.807, 2.05) is 42.5 Å². The van der Waals surface area contributed by atoms with E-state index in [0.717, 1.165) is 5.56 Å². The Kier molecular flexibility index (Phi) is 5.39. The maximum Gasteiger partial charge on any atom is 0.317 e. The SMILES string of the molecule is CC(=O)N1CCC(C(=O)OCc2nnc3n(C)c(=O)c4ccccc4n23)(c2ccccc2)CC1. The average molecular weight is 460 g/mol. The first-order valence-electron chi connectivity index (χ1n) is 11.2. The number of rotatable bonds is 4. The number of amides is 1. The van der Waals surface area contributed by atoms with Crippen LogP contribution in [0.15, 0.2) is 59.4 Å². The molecule has 5 rings (SSSR count). The van der Waals surface area contributed by atoms with E-state index >= 15 is 0 Å². The van der Waals surface area contributed by atoms with Crippen molar-refractivity contribution in [3.05, 3.63) is 76.3 Å². The molecule has 34 heavy (non-hydrogen) atoms. The van der Waals surface area contributed by atoms with Gasteiger partial charge in [-0.3, -0.25) is 23.4 Å². The van der Waals surface area contributed by atoms with E-state index in [2.05, 4.69) is 10.2 Å². The normalized spacial score (nSPS) is 15.5. The minimum atomic E-state index is -0.845. The molecule has 9 nitrogen and oxygen atoms in total. The highest BCUT2D eigenvalue weighted by atomic mass is 16.5. The van der Waals surface area contributed by atoms with Gasteiger partial charge < -0.3 is 9.64 Å². The smallest absolute Gasteiger partial charge is 0.317 e. The molecule has 0 unspecified atom stereocenters. The lowest BCUT2D eigenvalue weighted by atomic mass is 9.72. The monoisotopic (exact) mass is 459 g/mol. The summed E-state index contributed by atoms with van der Waals surface area (Å²) in [4.78, 5) is 39.8. The lowest BCUT2D eigenvalue weighted by Gasteiger charge is -2.40. The Balaban J connectivity index is 1.48. The molecule has 0 N–H and O–H groups in total. The first-order chi connectivity index (χ1) is 16.4. The van der Waals surface area contributed by atoms with Gasteiger partial charge in [-0.25, -0.2) is 0 Å². The van der Waals surface area contributed by atoms with Crippen molar-refractivity contribution in [1.82, 2.24) is 24.1 Å². The Bertz CT molecular complexity index is 1450. The number of hydrogen-bond acceptors (Lipinski definition) is 6. The highest BCUT2D eigenvalue weighted by Gasteiger charge is 2.44. The summed E-state index contributed by atoms with van der Waals surface area (Å²) in [5, 5.41) is 8.91. The maximum atomic E-state index is 13.6. The zero-order valence-corrected chi connectivity index (χ0v) is 19.1. The number of fused-ring (bicyclic) bond motifs is 3. The third-order valence-electron chi connectivity index (χ3n) is 6.80. The van der Waals surface area contributed by atoms with Gasteiger partial charge in [0.2, 0.25) is 11.7 Å². The van der Waals surface area contributed by atoms with Gasteiger partial charge in [0.15, 0.2) is 12.4 Å². The van der Waals surface area contributed by atoms with Crippen molar-refractivity contribution in [2.24, 2.45) is 7.05 Å². The van der Waals surface area contributed by atoms with Crippen LogP contribution in [0.4, 0.5) is 0 Å². The number of benzene rings is 2. The molecule has 2 aromatic carbocycles. The summed E-state index contributed by atoms with van der Waals surface area (Å²) < 4.78 is 9.04. The second-order valence-corrected chi connectivity index (χ2v) is 8.66. The number of aryl methyl sites for hydroxylation is 1. The van der Waals surface area contributed by atoms with E-state index < -0.39 is 5.41 Å². The van der Waals surface area contributed by atoms with E-state index in [1.54, 1.807) is 35.4 Å². The van der Waals surface area contributed by atoms with Crippen LogP contribution in [0.1, 0.15) is 31.2 Å². The third-order valence-corrected chi connectivity index (χ3v) is 6.80. The largest absolute Gasteiger partial charge is 0.457 e. The summed E-state index contributed by atoms with van der Waals surface area (Å²) >= 11 is 0. The molecule has 0 radical (unpaired) electrons. The van der Waals surface area contributed by atoms with Gasteiger partial charge in [0.1, 0.15) is 0 Å². The average Bonchev–Trinajstić information content (AvgIpc) is 3.30. The Hall–Kier alpha value is -4.01. The molecule has 3 heterocycles. The Labute approximate surface area is 195 Å². The highest BCUT2D eigenvalue weighted by molar-refractivity contribution is 5.84. The van der Waals surface area contributed by atoms with Crippen LogP contribution in [0.3, 0.4) is 0 Å². The first-order valence-corrected chi connectivity index (χ1v) is 11.2. The molecule has 0 spiro atoms. The number of nitrogens with zero attached hydrogens (tertiary/aromatic N) is 5. The Morgan fingerprint density at radius 1 is 1.00 bits per heavy atom. The summed E-state index contributed by atoms with van der Waals surface area (Å²) in [6, 6.07) is 16.8. The third kappa shape index (κ3) is 3.44. The van der Waals surface area contributed by atoms with Gasteiger partial charge in [-0.1, -0.05) is 42.5 Å². The number of ether oxygens (including phenoxy) is 1. The van der Waals surface area contributed by atoms with Gasteiger partial charge in [-0.2, -0.15) is 0 Å². The van der Waals surface area contributed by atoms with Crippen LogP contribution in [-0.4, -0.2) is 49.0 Å². The molecule has 1 aliphatic rings. The Morgan fingerprint density at radius 2 is 1.68 bits per heavy atom. The van der Waals surface area contributed by atoms with Gasteiger partial charge in [-0.15, -0.1) is 10.2 Å². The fourth-order valence-corrected chi connectivity index (χ4v) is 4.82. The number of hydrogen-bond donors (Lipinski definition) is 0. The summed E-state index contributed by atoms with van der Waals surface area (Å²) in [6.07, 6.45) is 0.959. The van der Waals surface area contributed by atoms with Crippen LogP contribution in [0.2, 0.25) is 0 Å². The van der Waals surface area contributed by atoms with Gasteiger partial charge in [0.25, 0.3) is 5.56 Å². The molecule has 0 bridgehead atoms. The van der Waals surface area contributed by atoms with E-state index in [1.165, 1.54) is 4.57 Å². The fraction of sp³-hybridized carbons (Fsp3) is 0.320. The number of esters is 1. The van der Waals surface area contributed by atoms with Gasteiger partial charge in [0, 0.05) is 27.1 Å². The zero-order valence-electron chi connectivity index (χ0n) is 19.1. The second kappa shape index (κ2) is 8.40. The second-order valence-electron chi connectivity index (χ2n) is 8.66. The molecule has 1 fully saturated rings. The fourth-order valence-electron chi connectivity index (χ4n) is 4.82. The number of aromatic nitrogens is 4. The lowest BCUT2D eigenvalue weighted by molar-refractivity contribution is -0.155. The Morgan fingerprint density at radius 3 is 2.38 bits per heavy atom. The molecule has 2 aromatic heterocycles. The van der Waals surface area contributed by atoms with Crippen LogP contribution in [0.25, 0.3) is 16.7 Å². The highest BCUT2D eigenvalue weighted by Crippen LogP contribution is 2.37. The number of carbonyl (C=O) groups is 2. The first kappa shape index (κ1) is 21.8. The summed E-state index contributed by atoms with van der Waals surface area (Å²) in [5.74, 6) is 0.456. The van der Waals surface area contributed by atoms with E-state index in [-0.39, 0.29) is 24.0 Å². The molecule has 9 heteroatoms. The summed E-state index contributed by atoms with van der Waals surface area (Å²) in [7, 11) is 1.64. The van der Waals surface area contributed by atoms with E-state index in [9.17, 15) is 14.4 Å². The van der Waals surface area contributed by atoms with Crippen molar-refractivity contribution in [3.63, 3.8) is 0 Å². The van der Waals surface area contributed by atoms with Crippen LogP contribution < -0.4 is 5.56 Å². The summed E-state index contributed by atoms with van der Waals surface area (Å²) in [6.45, 7) is 2.43. The number of carbonyl (C=O) groups excluding carboxylic acids is 2. The van der Waals surface area contributed by atoms with Crippen molar-refractivity contribution in [3.8, 4) is 0 Å². The predicted octanol–water partition coefficient (Wildman–Crippen LogP) is 2.20. The van der Waals surface area contributed by atoms with Crippen molar-refractivity contribution in [2.75, 3.05) is 13.1 Å². The minimum Gasteiger partial charge on any atom is -0.457 e. The van der Waals surface area contributed by atoms with Crippen LogP contribution in [0, 0.1) is 0 Å². The number of para-hydroxylation sites is 1. The quantitative estimate of drug-likeness (QED) is 0.434. The molecule has 1 amide bonds. The zero-order chi connectivity index (χ0) is 23.9. The number of piperidine rings is 1. The predicted molar refractivity (Wildman–Crippen MR) is 125 cm³/mol. The van der Waals surface area contributed by atoms with Crippen LogP contribution >= 0.6 is 0 Å². The van der Waals surface area contributed by atoms with Gasteiger partial charge in [0.05, 0.1) is 16.3 Å². The van der Waals surface area contributed by atoms with Gasteiger partial charge >= 0.3 is 5.97 Å². The molecule has 4 aromatic rings.